The van der Waals surface area contributed by atoms with E-state index in [1.807, 2.05) is 6.92 Å². The van der Waals surface area contributed by atoms with Crippen molar-refractivity contribution < 1.29 is 32.5 Å². The summed E-state index contributed by atoms with van der Waals surface area (Å²) in [6.07, 6.45) is -0.158. The third-order valence-corrected chi connectivity index (χ3v) is 5.92. The Bertz CT molecular complexity index is 1230. The average molecular weight is 508 g/mol. The summed E-state index contributed by atoms with van der Waals surface area (Å²) in [4.78, 5) is 8.92. The topological polar surface area (TPSA) is 85.7 Å². The van der Waals surface area contributed by atoms with Gasteiger partial charge in [-0.1, -0.05) is 12.1 Å². The van der Waals surface area contributed by atoms with E-state index in [1.54, 1.807) is 33.1 Å². The highest BCUT2D eigenvalue weighted by Gasteiger charge is 2.49. The Kier molecular flexibility index (Phi) is 8.00. The molecular weight excluding hydrogens is 475 g/mol. The Morgan fingerprint density at radius 1 is 1.08 bits per heavy atom. The Labute approximate surface area is 208 Å². The lowest BCUT2D eigenvalue weighted by Crippen LogP contribution is -2.41. The van der Waals surface area contributed by atoms with Crippen LogP contribution in [0.5, 0.6) is 11.5 Å². The molecule has 2 atom stereocenters. The van der Waals surface area contributed by atoms with E-state index in [0.717, 1.165) is 19.9 Å². The van der Waals surface area contributed by atoms with Crippen LogP contribution in [-0.4, -0.2) is 47.6 Å². The van der Waals surface area contributed by atoms with Gasteiger partial charge in [-0.2, -0.15) is 8.78 Å². The summed E-state index contributed by atoms with van der Waals surface area (Å²) in [6.45, 7) is 7.36. The van der Waals surface area contributed by atoms with Gasteiger partial charge in [-0.3, -0.25) is 0 Å². The highest BCUT2D eigenvalue weighted by atomic mass is 19.3. The molecule has 196 valence electrons. The van der Waals surface area contributed by atoms with Crippen molar-refractivity contribution in [3.05, 3.63) is 53.1 Å². The third kappa shape index (κ3) is 5.49. The number of nitrogens with one attached hydrogen (secondary N) is 1. The quantitative estimate of drug-likeness (QED) is 0.373. The molecule has 36 heavy (non-hydrogen) atoms. The van der Waals surface area contributed by atoms with Gasteiger partial charge in [0.2, 0.25) is 0 Å². The minimum atomic E-state index is -3.80. The second kappa shape index (κ2) is 10.5. The zero-order valence-electron chi connectivity index (χ0n) is 21.4. The van der Waals surface area contributed by atoms with Crippen molar-refractivity contribution >= 4 is 16.7 Å². The molecule has 0 spiro atoms. The number of aromatic nitrogens is 2. The first kappa shape index (κ1) is 27.5. The average Bonchev–Trinajstić information content (AvgIpc) is 2.81. The van der Waals surface area contributed by atoms with Crippen LogP contribution in [0.3, 0.4) is 0 Å². The number of aryl methyl sites for hydroxylation is 1. The van der Waals surface area contributed by atoms with E-state index in [0.29, 0.717) is 34.0 Å². The van der Waals surface area contributed by atoms with Crippen LogP contribution in [-0.2, 0) is 10.7 Å². The zero-order chi connectivity index (χ0) is 26.8. The number of methoxy groups -OCH3 is 2. The predicted molar refractivity (Wildman–Crippen MR) is 131 cm³/mol. The summed E-state index contributed by atoms with van der Waals surface area (Å²) in [5, 5.41) is 13.6. The molecule has 0 aliphatic carbocycles. The third-order valence-electron chi connectivity index (χ3n) is 5.92. The number of benzene rings is 2. The molecule has 0 saturated carbocycles. The molecule has 0 amide bonds. The molecule has 0 aliphatic rings. The van der Waals surface area contributed by atoms with Crippen molar-refractivity contribution in [2.24, 2.45) is 0 Å². The Morgan fingerprint density at radius 2 is 1.78 bits per heavy atom. The lowest BCUT2D eigenvalue weighted by molar-refractivity contribution is -0.170. The number of hydrogen-bond acceptors (Lipinski definition) is 7. The second-order valence-electron chi connectivity index (χ2n) is 9.21. The standard InChI is InChI=1S/C26H32F3N3O4/c1-14(34-6)13-36-22-11-18-20(12-21(22)35-7)31-16(3)32-24(18)30-15(2)17-9-8-10-19(23(17)27)26(28,29)25(4,5)33/h8-12,14-15,33H,13H2,1-7H3,(H,30,31,32)/t14-,15+/m0/s1. The van der Waals surface area contributed by atoms with Crippen molar-refractivity contribution in [3.63, 3.8) is 0 Å². The maximum atomic E-state index is 15.3. The molecule has 0 unspecified atom stereocenters. The number of rotatable bonds is 10. The van der Waals surface area contributed by atoms with E-state index in [4.69, 9.17) is 14.2 Å². The Balaban J connectivity index is 2.03. The maximum absolute atomic E-state index is 15.3. The summed E-state index contributed by atoms with van der Waals surface area (Å²) < 4.78 is 61.4. The van der Waals surface area contributed by atoms with Gasteiger partial charge in [0, 0.05) is 24.1 Å². The first-order chi connectivity index (χ1) is 16.8. The minimum absolute atomic E-state index is 0.000236. The molecule has 10 heteroatoms. The summed E-state index contributed by atoms with van der Waals surface area (Å²) in [6, 6.07) is 6.39. The Morgan fingerprint density at radius 3 is 2.39 bits per heavy atom. The van der Waals surface area contributed by atoms with Crippen LogP contribution < -0.4 is 14.8 Å². The van der Waals surface area contributed by atoms with Crippen LogP contribution in [0.25, 0.3) is 10.9 Å². The van der Waals surface area contributed by atoms with Crippen molar-refractivity contribution in [1.82, 2.24) is 9.97 Å². The summed E-state index contributed by atoms with van der Waals surface area (Å²) >= 11 is 0. The summed E-state index contributed by atoms with van der Waals surface area (Å²) in [5.41, 5.74) is -2.76. The predicted octanol–water partition coefficient (Wildman–Crippen LogP) is 5.54. The molecule has 0 aliphatic heterocycles. The molecule has 2 N–H and O–H groups in total. The highest BCUT2D eigenvalue weighted by molar-refractivity contribution is 5.92. The van der Waals surface area contributed by atoms with Gasteiger partial charge in [-0.15, -0.1) is 0 Å². The number of fused-ring (bicyclic) bond motifs is 1. The van der Waals surface area contributed by atoms with E-state index >= 15 is 4.39 Å². The van der Waals surface area contributed by atoms with Crippen LogP contribution in [0.2, 0.25) is 0 Å². The van der Waals surface area contributed by atoms with E-state index in [1.165, 1.54) is 19.2 Å². The molecule has 3 rings (SSSR count). The fourth-order valence-corrected chi connectivity index (χ4v) is 3.65. The Hall–Kier alpha value is -3.11. The van der Waals surface area contributed by atoms with E-state index in [-0.39, 0.29) is 18.3 Å². The van der Waals surface area contributed by atoms with E-state index < -0.39 is 28.9 Å². The monoisotopic (exact) mass is 507 g/mol. The van der Waals surface area contributed by atoms with Gasteiger partial charge in [0.05, 0.1) is 30.3 Å². The van der Waals surface area contributed by atoms with Gasteiger partial charge in [0.1, 0.15) is 29.7 Å². The first-order valence-electron chi connectivity index (χ1n) is 11.5. The molecular formula is C26H32F3N3O4. The number of hydrogen-bond donors (Lipinski definition) is 2. The molecule has 2 aromatic carbocycles. The van der Waals surface area contributed by atoms with Crippen LogP contribution in [0.15, 0.2) is 30.3 Å². The maximum Gasteiger partial charge on any atom is 0.303 e. The van der Waals surface area contributed by atoms with Gasteiger partial charge in [0.15, 0.2) is 11.5 Å². The normalized spacial score (nSPS) is 14.0. The molecule has 0 saturated heterocycles. The van der Waals surface area contributed by atoms with E-state index in [9.17, 15) is 13.9 Å². The molecule has 0 fully saturated rings. The largest absolute Gasteiger partial charge is 0.493 e. The van der Waals surface area contributed by atoms with Gasteiger partial charge < -0.3 is 24.6 Å². The van der Waals surface area contributed by atoms with Crippen LogP contribution in [0.1, 0.15) is 50.7 Å². The SMILES string of the molecule is COc1cc2nc(C)nc(N[C@H](C)c3cccc(C(F)(F)C(C)(C)O)c3F)c2cc1OC[C@H](C)OC. The molecule has 0 radical (unpaired) electrons. The van der Waals surface area contributed by atoms with Gasteiger partial charge in [0.25, 0.3) is 0 Å². The van der Waals surface area contributed by atoms with Gasteiger partial charge in [-0.25, -0.2) is 14.4 Å². The second-order valence-corrected chi connectivity index (χ2v) is 9.21. The first-order valence-corrected chi connectivity index (χ1v) is 11.5. The summed E-state index contributed by atoms with van der Waals surface area (Å²) in [5.74, 6) is -3.17. The fourth-order valence-electron chi connectivity index (χ4n) is 3.65. The van der Waals surface area contributed by atoms with Crippen molar-refractivity contribution in [1.29, 1.82) is 0 Å². The number of halogens is 3. The van der Waals surface area contributed by atoms with E-state index in [2.05, 4.69) is 15.3 Å². The number of anilines is 1. The lowest BCUT2D eigenvalue weighted by atomic mass is 9.91. The summed E-state index contributed by atoms with van der Waals surface area (Å²) in [7, 11) is 3.10. The van der Waals surface area contributed by atoms with Crippen molar-refractivity contribution in [3.8, 4) is 11.5 Å². The minimum Gasteiger partial charge on any atom is -0.493 e. The zero-order valence-corrected chi connectivity index (χ0v) is 21.4. The fraction of sp³-hybridized carbons (Fsp3) is 0.462. The number of nitrogens with zero attached hydrogens (tertiary/aromatic N) is 2. The van der Waals surface area contributed by atoms with Crippen molar-refractivity contribution in [2.75, 3.05) is 26.1 Å². The molecule has 7 nitrogen and oxygen atoms in total. The number of alkyl halides is 2. The number of ether oxygens (including phenoxy) is 3. The number of aliphatic hydroxyl groups is 1. The molecule has 1 heterocycles. The molecule has 3 aromatic rings. The van der Waals surface area contributed by atoms with Gasteiger partial charge in [-0.05, 0) is 46.8 Å². The van der Waals surface area contributed by atoms with Crippen molar-refractivity contribution in [2.45, 2.75) is 58.3 Å². The molecule has 1 aromatic heterocycles. The van der Waals surface area contributed by atoms with Crippen LogP contribution in [0, 0.1) is 12.7 Å². The molecule has 0 bridgehead atoms. The highest BCUT2D eigenvalue weighted by Crippen LogP contribution is 2.41. The smallest absolute Gasteiger partial charge is 0.303 e. The van der Waals surface area contributed by atoms with Crippen LogP contribution >= 0.6 is 0 Å². The lowest BCUT2D eigenvalue weighted by Gasteiger charge is -2.30. The van der Waals surface area contributed by atoms with Gasteiger partial charge >= 0.3 is 5.92 Å². The van der Waals surface area contributed by atoms with Crippen LogP contribution in [0.4, 0.5) is 19.0 Å².